The summed E-state index contributed by atoms with van der Waals surface area (Å²) in [5.74, 6) is 4.56. The lowest BCUT2D eigenvalue weighted by atomic mass is 10.2. The lowest BCUT2D eigenvalue weighted by Gasteiger charge is -2.02. The third-order valence-electron chi connectivity index (χ3n) is 1.50. The predicted octanol–water partition coefficient (Wildman–Crippen LogP) is 1.94. The second-order valence-electron chi connectivity index (χ2n) is 2.27. The first kappa shape index (κ1) is 9.51. The van der Waals surface area contributed by atoms with E-state index in [2.05, 4.69) is 4.84 Å². The number of nitrogens with two attached hydrogens (primary N) is 1. The van der Waals surface area contributed by atoms with E-state index in [0.29, 0.717) is 5.56 Å². The summed E-state index contributed by atoms with van der Waals surface area (Å²) in [6.07, 6.45) is 1.90. The van der Waals surface area contributed by atoms with Crippen molar-refractivity contribution in [1.29, 1.82) is 0 Å². The van der Waals surface area contributed by atoms with Gasteiger partial charge in [0.05, 0.1) is 6.61 Å². The molecule has 0 aliphatic rings. The van der Waals surface area contributed by atoms with Gasteiger partial charge in [-0.3, -0.25) is 4.84 Å². The molecule has 0 aliphatic heterocycles. The Kier molecular flexibility index (Phi) is 3.52. The molecular formula is C8H10FNOS. The van der Waals surface area contributed by atoms with Crippen LogP contribution in [0.4, 0.5) is 4.39 Å². The van der Waals surface area contributed by atoms with E-state index >= 15 is 0 Å². The summed E-state index contributed by atoms with van der Waals surface area (Å²) in [5.41, 5.74) is 0.482. The van der Waals surface area contributed by atoms with E-state index in [0.717, 1.165) is 4.90 Å². The summed E-state index contributed by atoms with van der Waals surface area (Å²) in [7, 11) is 0. The lowest BCUT2D eigenvalue weighted by molar-refractivity contribution is 0.121. The van der Waals surface area contributed by atoms with E-state index in [1.54, 1.807) is 6.07 Å². The van der Waals surface area contributed by atoms with E-state index in [1.165, 1.54) is 17.8 Å². The summed E-state index contributed by atoms with van der Waals surface area (Å²) < 4.78 is 13.1. The van der Waals surface area contributed by atoms with Gasteiger partial charge in [0.1, 0.15) is 5.82 Å². The molecule has 0 spiro atoms. The molecule has 0 unspecified atom stereocenters. The molecule has 1 aromatic carbocycles. The molecule has 0 atom stereocenters. The van der Waals surface area contributed by atoms with Crippen molar-refractivity contribution in [1.82, 2.24) is 0 Å². The van der Waals surface area contributed by atoms with Crippen molar-refractivity contribution in [2.24, 2.45) is 5.90 Å². The van der Waals surface area contributed by atoms with Crippen LogP contribution in [0.2, 0.25) is 0 Å². The third kappa shape index (κ3) is 2.20. The fourth-order valence-corrected chi connectivity index (χ4v) is 1.29. The van der Waals surface area contributed by atoms with Crippen LogP contribution in [-0.2, 0) is 11.4 Å². The zero-order valence-corrected chi connectivity index (χ0v) is 7.53. The topological polar surface area (TPSA) is 35.2 Å². The van der Waals surface area contributed by atoms with E-state index < -0.39 is 0 Å². The number of hydrogen-bond donors (Lipinski definition) is 1. The summed E-state index contributed by atoms with van der Waals surface area (Å²) in [6.45, 7) is 0.112. The van der Waals surface area contributed by atoms with Gasteiger partial charge in [0.2, 0.25) is 0 Å². The number of hydrogen-bond acceptors (Lipinski definition) is 3. The fourth-order valence-electron chi connectivity index (χ4n) is 0.862. The van der Waals surface area contributed by atoms with Crippen LogP contribution in [0.1, 0.15) is 5.56 Å². The van der Waals surface area contributed by atoms with Gasteiger partial charge in [-0.15, -0.1) is 11.8 Å². The van der Waals surface area contributed by atoms with Crippen molar-refractivity contribution < 1.29 is 9.23 Å². The quantitative estimate of drug-likeness (QED) is 0.580. The molecule has 66 valence electrons. The molecule has 2 nitrogen and oxygen atoms in total. The molecule has 0 radical (unpaired) electrons. The average molecular weight is 187 g/mol. The minimum absolute atomic E-state index is 0.112. The Hall–Kier alpha value is -0.580. The molecule has 2 N–H and O–H groups in total. The van der Waals surface area contributed by atoms with Crippen LogP contribution < -0.4 is 5.90 Å². The molecule has 12 heavy (non-hydrogen) atoms. The minimum Gasteiger partial charge on any atom is -0.300 e. The molecular weight excluding hydrogens is 177 g/mol. The van der Waals surface area contributed by atoms with Crippen molar-refractivity contribution >= 4 is 11.8 Å². The Bertz CT molecular complexity index is 267. The largest absolute Gasteiger partial charge is 0.300 e. The number of halogens is 1. The lowest BCUT2D eigenvalue weighted by Crippen LogP contribution is -2.00. The Morgan fingerprint density at radius 2 is 2.33 bits per heavy atom. The van der Waals surface area contributed by atoms with Gasteiger partial charge >= 0.3 is 0 Å². The summed E-state index contributed by atoms with van der Waals surface area (Å²) >= 11 is 1.50. The van der Waals surface area contributed by atoms with E-state index in [9.17, 15) is 4.39 Å². The number of thioether (sulfide) groups is 1. The molecule has 0 fully saturated rings. The SMILES string of the molecule is CSc1ccc(CON)c(F)c1. The van der Waals surface area contributed by atoms with Crippen molar-refractivity contribution in [2.75, 3.05) is 6.26 Å². The van der Waals surface area contributed by atoms with Crippen LogP contribution in [0.3, 0.4) is 0 Å². The molecule has 0 saturated heterocycles. The monoisotopic (exact) mass is 187 g/mol. The van der Waals surface area contributed by atoms with Crippen LogP contribution in [0.5, 0.6) is 0 Å². The molecule has 0 aromatic heterocycles. The normalized spacial score (nSPS) is 10.2. The van der Waals surface area contributed by atoms with Gasteiger partial charge in [-0.1, -0.05) is 6.07 Å². The van der Waals surface area contributed by atoms with Crippen molar-refractivity contribution in [3.63, 3.8) is 0 Å². The van der Waals surface area contributed by atoms with Gasteiger partial charge in [-0.2, -0.15) is 0 Å². The maximum atomic E-state index is 13.1. The summed E-state index contributed by atoms with van der Waals surface area (Å²) in [6, 6.07) is 4.98. The molecule has 0 saturated carbocycles. The molecule has 1 rings (SSSR count). The van der Waals surface area contributed by atoms with Crippen LogP contribution in [0.15, 0.2) is 23.1 Å². The summed E-state index contributed by atoms with van der Waals surface area (Å²) in [4.78, 5) is 5.23. The minimum atomic E-state index is -0.271. The van der Waals surface area contributed by atoms with E-state index in [-0.39, 0.29) is 12.4 Å². The highest BCUT2D eigenvalue weighted by Gasteiger charge is 2.02. The molecule has 0 heterocycles. The molecule has 0 amide bonds. The average Bonchev–Trinajstić information content (AvgIpc) is 2.09. The highest BCUT2D eigenvalue weighted by molar-refractivity contribution is 7.98. The second-order valence-corrected chi connectivity index (χ2v) is 3.15. The second kappa shape index (κ2) is 4.45. The van der Waals surface area contributed by atoms with Gasteiger partial charge in [-0.05, 0) is 18.4 Å². The van der Waals surface area contributed by atoms with E-state index in [1.807, 2.05) is 12.3 Å². The van der Waals surface area contributed by atoms with Crippen molar-refractivity contribution in [3.05, 3.63) is 29.6 Å². The smallest absolute Gasteiger partial charge is 0.129 e. The van der Waals surface area contributed by atoms with Gasteiger partial charge in [-0.25, -0.2) is 10.3 Å². The van der Waals surface area contributed by atoms with Crippen LogP contribution in [-0.4, -0.2) is 6.26 Å². The van der Waals surface area contributed by atoms with Crippen LogP contribution >= 0.6 is 11.8 Å². The highest BCUT2D eigenvalue weighted by atomic mass is 32.2. The Labute approximate surface area is 74.9 Å². The first-order chi connectivity index (χ1) is 5.77. The van der Waals surface area contributed by atoms with Gasteiger partial charge in [0, 0.05) is 10.5 Å². The Balaban J connectivity index is 2.87. The zero-order chi connectivity index (χ0) is 8.97. The Morgan fingerprint density at radius 3 is 2.83 bits per heavy atom. The maximum absolute atomic E-state index is 13.1. The molecule has 1 aromatic rings. The standard InChI is InChI=1S/C8H10FNOS/c1-12-7-3-2-6(5-11-10)8(9)4-7/h2-4H,5,10H2,1H3. The fraction of sp³-hybridized carbons (Fsp3) is 0.250. The molecule has 0 bridgehead atoms. The molecule has 4 heteroatoms. The first-order valence-electron chi connectivity index (χ1n) is 3.42. The van der Waals surface area contributed by atoms with Crippen LogP contribution in [0, 0.1) is 5.82 Å². The third-order valence-corrected chi connectivity index (χ3v) is 2.22. The number of rotatable bonds is 3. The highest BCUT2D eigenvalue weighted by Crippen LogP contribution is 2.18. The first-order valence-corrected chi connectivity index (χ1v) is 4.64. The van der Waals surface area contributed by atoms with Crippen molar-refractivity contribution in [3.8, 4) is 0 Å². The van der Waals surface area contributed by atoms with Gasteiger partial charge in [0.15, 0.2) is 0 Å². The number of benzene rings is 1. The Morgan fingerprint density at radius 1 is 1.58 bits per heavy atom. The molecule has 0 aliphatic carbocycles. The van der Waals surface area contributed by atoms with Crippen LogP contribution in [0.25, 0.3) is 0 Å². The summed E-state index contributed by atoms with van der Waals surface area (Å²) in [5, 5.41) is 0. The van der Waals surface area contributed by atoms with Gasteiger partial charge < -0.3 is 0 Å². The zero-order valence-electron chi connectivity index (χ0n) is 6.71. The predicted molar refractivity (Wildman–Crippen MR) is 47.2 cm³/mol. The maximum Gasteiger partial charge on any atom is 0.129 e. The van der Waals surface area contributed by atoms with E-state index in [4.69, 9.17) is 5.90 Å². The van der Waals surface area contributed by atoms with Gasteiger partial charge in [0.25, 0.3) is 0 Å². The van der Waals surface area contributed by atoms with Crippen molar-refractivity contribution in [2.45, 2.75) is 11.5 Å².